The van der Waals surface area contributed by atoms with Crippen molar-refractivity contribution in [3.63, 3.8) is 0 Å². The van der Waals surface area contributed by atoms with Crippen LogP contribution in [-0.2, 0) is 4.79 Å². The first-order valence-electron chi connectivity index (χ1n) is 3.19. The third kappa shape index (κ3) is 2.92. The molecule has 0 fully saturated rings. The molecule has 0 bridgehead atoms. The summed E-state index contributed by atoms with van der Waals surface area (Å²) in [6.45, 7) is 3.56. The molecule has 0 saturated heterocycles. The van der Waals surface area contributed by atoms with Gasteiger partial charge in [0.2, 0.25) is 0 Å². The molecule has 0 heterocycles. The highest BCUT2D eigenvalue weighted by atomic mass is 16.1. The minimum atomic E-state index is -0.144. The Morgan fingerprint density at radius 2 is 2.33 bits per heavy atom. The fraction of sp³-hybridized carbons (Fsp3) is 0.625. The van der Waals surface area contributed by atoms with E-state index in [-0.39, 0.29) is 11.7 Å². The smallest absolute Gasteiger partial charge is 0.144 e. The fourth-order valence-corrected chi connectivity index (χ4v) is 0.693. The lowest BCUT2D eigenvalue weighted by atomic mass is 10.0. The van der Waals surface area contributed by atoms with E-state index in [1.807, 2.05) is 6.92 Å². The van der Waals surface area contributed by atoms with E-state index in [0.717, 1.165) is 12.8 Å². The number of Topliss-reactive ketones (excluding diaryl/α,β-unsaturated/α-hetero) is 1. The lowest BCUT2D eigenvalue weighted by molar-refractivity contribution is -0.119. The average molecular weight is 124 g/mol. The molecule has 9 heavy (non-hydrogen) atoms. The maximum atomic E-state index is 10.6. The van der Waals surface area contributed by atoms with Gasteiger partial charge in [-0.2, -0.15) is 0 Å². The van der Waals surface area contributed by atoms with Gasteiger partial charge >= 0.3 is 0 Å². The van der Waals surface area contributed by atoms with Gasteiger partial charge in [0.05, 0.1) is 5.92 Å². The van der Waals surface area contributed by atoms with Crippen molar-refractivity contribution in [2.24, 2.45) is 5.92 Å². The average Bonchev–Trinajstić information content (AvgIpc) is 1.82. The number of carbonyl (C=O) groups excluding carboxylic acids is 1. The molecular formula is C8H12O. The van der Waals surface area contributed by atoms with Crippen molar-refractivity contribution in [1.29, 1.82) is 0 Å². The van der Waals surface area contributed by atoms with E-state index in [0.29, 0.717) is 0 Å². The molecule has 0 radical (unpaired) electrons. The van der Waals surface area contributed by atoms with E-state index < -0.39 is 0 Å². The molecule has 1 unspecified atom stereocenters. The van der Waals surface area contributed by atoms with Gasteiger partial charge in [-0.3, -0.25) is 4.79 Å². The number of hydrogen-bond acceptors (Lipinski definition) is 1. The monoisotopic (exact) mass is 124 g/mol. The van der Waals surface area contributed by atoms with Crippen LogP contribution >= 0.6 is 0 Å². The Morgan fingerprint density at radius 3 is 2.44 bits per heavy atom. The third-order valence-electron chi connectivity index (χ3n) is 1.27. The molecule has 0 aliphatic heterocycles. The molecule has 0 rings (SSSR count). The molecule has 50 valence electrons. The van der Waals surface area contributed by atoms with Crippen LogP contribution in [0.1, 0.15) is 26.7 Å². The van der Waals surface area contributed by atoms with Gasteiger partial charge in [0.15, 0.2) is 0 Å². The summed E-state index contributed by atoms with van der Waals surface area (Å²) in [5.74, 6) is 2.42. The van der Waals surface area contributed by atoms with Gasteiger partial charge in [0, 0.05) is 0 Å². The summed E-state index contributed by atoms with van der Waals surface area (Å²) in [7, 11) is 0. The van der Waals surface area contributed by atoms with Crippen molar-refractivity contribution in [2.75, 3.05) is 0 Å². The van der Waals surface area contributed by atoms with Gasteiger partial charge in [0.1, 0.15) is 5.78 Å². The first kappa shape index (κ1) is 8.23. The van der Waals surface area contributed by atoms with Gasteiger partial charge in [-0.1, -0.05) is 19.3 Å². The Hall–Kier alpha value is -0.770. The topological polar surface area (TPSA) is 17.1 Å². The number of carbonyl (C=O) groups is 1. The summed E-state index contributed by atoms with van der Waals surface area (Å²) >= 11 is 0. The first-order chi connectivity index (χ1) is 4.22. The molecule has 0 N–H and O–H groups in total. The van der Waals surface area contributed by atoms with Gasteiger partial charge in [-0.05, 0) is 13.3 Å². The molecule has 1 atom stereocenters. The van der Waals surface area contributed by atoms with Crippen LogP contribution in [0.5, 0.6) is 0 Å². The second-order valence-corrected chi connectivity index (χ2v) is 2.12. The zero-order valence-corrected chi connectivity index (χ0v) is 5.98. The van der Waals surface area contributed by atoms with Crippen LogP contribution in [0.4, 0.5) is 0 Å². The van der Waals surface area contributed by atoms with Crippen LogP contribution < -0.4 is 0 Å². The maximum Gasteiger partial charge on any atom is 0.144 e. The van der Waals surface area contributed by atoms with Crippen molar-refractivity contribution in [3.8, 4) is 12.3 Å². The Morgan fingerprint density at radius 1 is 1.78 bits per heavy atom. The normalized spacial score (nSPS) is 12.1. The summed E-state index contributed by atoms with van der Waals surface area (Å²) < 4.78 is 0. The molecule has 1 nitrogen and oxygen atoms in total. The van der Waals surface area contributed by atoms with Crippen LogP contribution in [-0.4, -0.2) is 5.78 Å². The minimum Gasteiger partial charge on any atom is -0.299 e. The van der Waals surface area contributed by atoms with Crippen LogP contribution in [0.25, 0.3) is 0 Å². The molecule has 0 amide bonds. The van der Waals surface area contributed by atoms with Gasteiger partial charge in [-0.25, -0.2) is 0 Å². The van der Waals surface area contributed by atoms with Gasteiger partial charge in [0.25, 0.3) is 0 Å². The van der Waals surface area contributed by atoms with E-state index >= 15 is 0 Å². The highest BCUT2D eigenvalue weighted by molar-refractivity contribution is 5.80. The lowest BCUT2D eigenvalue weighted by Gasteiger charge is -2.01. The summed E-state index contributed by atoms with van der Waals surface area (Å²) in [5, 5.41) is 0. The zero-order chi connectivity index (χ0) is 7.28. The largest absolute Gasteiger partial charge is 0.299 e. The molecule has 0 aliphatic rings. The molecule has 0 aliphatic carbocycles. The molecule has 0 aromatic heterocycles. The Balaban J connectivity index is 3.72. The van der Waals surface area contributed by atoms with E-state index in [2.05, 4.69) is 5.92 Å². The van der Waals surface area contributed by atoms with E-state index in [9.17, 15) is 4.79 Å². The summed E-state index contributed by atoms with van der Waals surface area (Å²) in [6.07, 6.45) is 6.89. The SMILES string of the molecule is C#CC(CCC)C(C)=O. The van der Waals surface area contributed by atoms with E-state index in [1.54, 1.807) is 6.92 Å². The summed E-state index contributed by atoms with van der Waals surface area (Å²) in [4.78, 5) is 10.6. The number of ketones is 1. The number of hydrogen-bond donors (Lipinski definition) is 0. The van der Waals surface area contributed by atoms with Crippen molar-refractivity contribution < 1.29 is 4.79 Å². The zero-order valence-electron chi connectivity index (χ0n) is 5.98. The highest BCUT2D eigenvalue weighted by Crippen LogP contribution is 2.04. The Bertz CT molecular complexity index is 130. The maximum absolute atomic E-state index is 10.6. The number of terminal acetylenes is 1. The predicted octanol–water partition coefficient (Wildman–Crippen LogP) is 1.62. The van der Waals surface area contributed by atoms with Crippen LogP contribution in [0.3, 0.4) is 0 Å². The molecule has 0 spiro atoms. The second-order valence-electron chi connectivity index (χ2n) is 2.12. The van der Waals surface area contributed by atoms with E-state index in [1.165, 1.54) is 0 Å². The van der Waals surface area contributed by atoms with Gasteiger partial charge in [-0.15, -0.1) is 6.42 Å². The quantitative estimate of drug-likeness (QED) is 0.522. The molecule has 0 aromatic carbocycles. The van der Waals surface area contributed by atoms with Crippen LogP contribution in [0, 0.1) is 18.3 Å². The van der Waals surface area contributed by atoms with Crippen LogP contribution in [0.15, 0.2) is 0 Å². The molecule has 0 aromatic rings. The standard InChI is InChI=1S/C8H12O/c1-4-6-8(5-2)7(3)9/h2,8H,4,6H2,1,3H3. The second kappa shape index (κ2) is 4.14. The van der Waals surface area contributed by atoms with Crippen LogP contribution in [0.2, 0.25) is 0 Å². The molecule has 0 saturated carbocycles. The predicted molar refractivity (Wildman–Crippen MR) is 37.9 cm³/mol. The number of rotatable bonds is 3. The minimum absolute atomic E-state index is 0.111. The summed E-state index contributed by atoms with van der Waals surface area (Å²) in [5.41, 5.74) is 0. The van der Waals surface area contributed by atoms with Crippen molar-refractivity contribution in [2.45, 2.75) is 26.7 Å². The first-order valence-corrected chi connectivity index (χ1v) is 3.19. The summed E-state index contributed by atoms with van der Waals surface area (Å²) in [6, 6.07) is 0. The third-order valence-corrected chi connectivity index (χ3v) is 1.27. The lowest BCUT2D eigenvalue weighted by Crippen LogP contribution is -2.06. The Kier molecular flexibility index (Phi) is 3.79. The van der Waals surface area contributed by atoms with Crippen molar-refractivity contribution >= 4 is 5.78 Å². The molecule has 1 heteroatoms. The van der Waals surface area contributed by atoms with Gasteiger partial charge < -0.3 is 0 Å². The van der Waals surface area contributed by atoms with E-state index in [4.69, 9.17) is 6.42 Å². The molecular weight excluding hydrogens is 112 g/mol. The Labute approximate surface area is 56.5 Å². The van der Waals surface area contributed by atoms with Crippen molar-refractivity contribution in [3.05, 3.63) is 0 Å². The highest BCUT2D eigenvalue weighted by Gasteiger charge is 2.07. The van der Waals surface area contributed by atoms with Crippen molar-refractivity contribution in [1.82, 2.24) is 0 Å². The fourth-order valence-electron chi connectivity index (χ4n) is 0.693.